The third-order valence-electron chi connectivity index (χ3n) is 2.15. The molecule has 1 atom stereocenters. The van der Waals surface area contributed by atoms with Gasteiger partial charge in [-0.05, 0) is 17.5 Å². The molecule has 0 aliphatic heterocycles. The summed E-state index contributed by atoms with van der Waals surface area (Å²) < 4.78 is 0. The van der Waals surface area contributed by atoms with Crippen LogP contribution in [0.2, 0.25) is 0 Å². The van der Waals surface area contributed by atoms with E-state index in [9.17, 15) is 4.79 Å². The van der Waals surface area contributed by atoms with Gasteiger partial charge in [-0.25, -0.2) is 0 Å². The Hall–Kier alpha value is -1.31. The van der Waals surface area contributed by atoms with Gasteiger partial charge < -0.3 is 5.11 Å². The van der Waals surface area contributed by atoms with Gasteiger partial charge in [0.15, 0.2) is 0 Å². The van der Waals surface area contributed by atoms with E-state index in [1.807, 2.05) is 24.3 Å². The summed E-state index contributed by atoms with van der Waals surface area (Å²) in [6.07, 6.45) is 0.700. The summed E-state index contributed by atoms with van der Waals surface area (Å²) in [5, 5.41) is 8.68. The van der Waals surface area contributed by atoms with Crippen LogP contribution in [0.15, 0.2) is 24.3 Å². The molecule has 0 spiro atoms. The number of carboxylic acid groups (broad SMARTS) is 1. The lowest BCUT2D eigenvalue weighted by atomic mass is 9.78. The number of rotatable bonds is 1. The van der Waals surface area contributed by atoms with Crippen molar-refractivity contribution in [1.29, 1.82) is 0 Å². The van der Waals surface area contributed by atoms with Crippen molar-refractivity contribution in [3.05, 3.63) is 35.4 Å². The molecule has 0 unspecified atom stereocenters. The van der Waals surface area contributed by atoms with Crippen LogP contribution < -0.4 is 0 Å². The Bertz CT molecular complexity index is 304. The zero-order valence-electron chi connectivity index (χ0n) is 5.95. The highest BCUT2D eigenvalue weighted by molar-refractivity contribution is 5.80. The highest BCUT2D eigenvalue weighted by atomic mass is 16.4. The van der Waals surface area contributed by atoms with Crippen LogP contribution in [0, 0.1) is 0 Å². The lowest BCUT2D eigenvalue weighted by Gasteiger charge is -2.25. The Balaban J connectivity index is 2.36. The molecule has 1 aromatic carbocycles. The lowest BCUT2D eigenvalue weighted by Crippen LogP contribution is -2.24. The van der Waals surface area contributed by atoms with E-state index in [0.717, 1.165) is 5.56 Å². The summed E-state index contributed by atoms with van der Waals surface area (Å²) >= 11 is 0. The van der Waals surface area contributed by atoms with Crippen molar-refractivity contribution in [2.24, 2.45) is 0 Å². The highest BCUT2D eigenvalue weighted by Gasteiger charge is 2.30. The first-order valence-electron chi connectivity index (χ1n) is 3.59. The van der Waals surface area contributed by atoms with E-state index in [-0.39, 0.29) is 5.92 Å². The van der Waals surface area contributed by atoms with Gasteiger partial charge in [0, 0.05) is 0 Å². The topological polar surface area (TPSA) is 37.3 Å². The molecule has 2 nitrogen and oxygen atoms in total. The Labute approximate surface area is 64.5 Å². The second-order valence-corrected chi connectivity index (χ2v) is 2.79. The molecule has 0 amide bonds. The van der Waals surface area contributed by atoms with Crippen molar-refractivity contribution in [3.8, 4) is 0 Å². The van der Waals surface area contributed by atoms with Crippen LogP contribution in [0.25, 0.3) is 0 Å². The van der Waals surface area contributed by atoms with Crippen LogP contribution in [0.3, 0.4) is 0 Å². The summed E-state index contributed by atoms with van der Waals surface area (Å²) in [5.41, 5.74) is 2.17. The number of carboxylic acids is 1. The highest BCUT2D eigenvalue weighted by Crippen LogP contribution is 2.34. The molecule has 0 heterocycles. The van der Waals surface area contributed by atoms with Crippen LogP contribution in [-0.2, 0) is 11.2 Å². The molecule has 0 aromatic heterocycles. The standard InChI is InChI=1S/C9H8O2/c10-9(11)8-5-6-3-1-2-4-7(6)8/h1-4,8H,5H2,(H,10,11)/t8-/m0/s1. The van der Waals surface area contributed by atoms with Crippen molar-refractivity contribution < 1.29 is 9.90 Å². The van der Waals surface area contributed by atoms with E-state index < -0.39 is 5.97 Å². The minimum absolute atomic E-state index is 0.244. The van der Waals surface area contributed by atoms with Crippen molar-refractivity contribution in [1.82, 2.24) is 0 Å². The number of carbonyl (C=O) groups is 1. The summed E-state index contributed by atoms with van der Waals surface area (Å²) in [4.78, 5) is 10.5. The Morgan fingerprint density at radius 2 is 2.18 bits per heavy atom. The third kappa shape index (κ3) is 0.827. The van der Waals surface area contributed by atoms with E-state index >= 15 is 0 Å². The normalized spacial score (nSPS) is 20.2. The van der Waals surface area contributed by atoms with Crippen LogP contribution >= 0.6 is 0 Å². The quantitative estimate of drug-likeness (QED) is 0.653. The Kier molecular flexibility index (Phi) is 1.22. The monoisotopic (exact) mass is 148 g/mol. The zero-order valence-corrected chi connectivity index (χ0v) is 5.95. The molecule has 0 saturated heterocycles. The predicted molar refractivity (Wildman–Crippen MR) is 40.5 cm³/mol. The van der Waals surface area contributed by atoms with E-state index in [1.54, 1.807) is 0 Å². The van der Waals surface area contributed by atoms with Crippen LogP contribution in [0.1, 0.15) is 17.0 Å². The molecular weight excluding hydrogens is 140 g/mol. The molecule has 0 bridgehead atoms. The van der Waals surface area contributed by atoms with E-state index in [1.165, 1.54) is 5.56 Å². The van der Waals surface area contributed by atoms with Gasteiger partial charge in [0.05, 0.1) is 5.92 Å². The zero-order chi connectivity index (χ0) is 7.84. The van der Waals surface area contributed by atoms with Gasteiger partial charge in [0.2, 0.25) is 0 Å². The molecule has 1 aliphatic rings. The molecule has 0 saturated carbocycles. The molecule has 56 valence electrons. The summed E-state index contributed by atoms with van der Waals surface area (Å²) in [6, 6.07) is 7.69. The van der Waals surface area contributed by atoms with Gasteiger partial charge in [0.1, 0.15) is 0 Å². The molecule has 0 radical (unpaired) electrons. The average Bonchev–Trinajstić information content (AvgIpc) is 1.90. The number of aliphatic carboxylic acids is 1. The van der Waals surface area contributed by atoms with E-state index in [4.69, 9.17) is 5.11 Å². The number of benzene rings is 1. The summed E-state index contributed by atoms with van der Waals surface area (Å²) in [5.74, 6) is -0.949. The Morgan fingerprint density at radius 3 is 2.82 bits per heavy atom. The first kappa shape index (κ1) is 6.40. The van der Waals surface area contributed by atoms with Gasteiger partial charge in [-0.15, -0.1) is 0 Å². The second-order valence-electron chi connectivity index (χ2n) is 2.79. The maximum absolute atomic E-state index is 10.5. The van der Waals surface area contributed by atoms with Crippen LogP contribution in [-0.4, -0.2) is 11.1 Å². The third-order valence-corrected chi connectivity index (χ3v) is 2.15. The average molecular weight is 148 g/mol. The molecule has 2 rings (SSSR count). The number of hydrogen-bond acceptors (Lipinski definition) is 1. The van der Waals surface area contributed by atoms with Gasteiger partial charge in [0.25, 0.3) is 0 Å². The minimum atomic E-state index is -0.705. The molecule has 11 heavy (non-hydrogen) atoms. The fraction of sp³-hybridized carbons (Fsp3) is 0.222. The second kappa shape index (κ2) is 2.09. The van der Waals surface area contributed by atoms with Gasteiger partial charge in [-0.2, -0.15) is 0 Å². The first-order valence-corrected chi connectivity index (χ1v) is 3.59. The van der Waals surface area contributed by atoms with Crippen molar-refractivity contribution in [2.45, 2.75) is 12.3 Å². The SMILES string of the molecule is O=C(O)[C@H]1Cc2ccccc21. The minimum Gasteiger partial charge on any atom is -0.481 e. The van der Waals surface area contributed by atoms with Gasteiger partial charge >= 0.3 is 5.97 Å². The molecule has 1 aliphatic carbocycles. The van der Waals surface area contributed by atoms with Crippen LogP contribution in [0.5, 0.6) is 0 Å². The number of fused-ring (bicyclic) bond motifs is 1. The maximum atomic E-state index is 10.5. The molecule has 0 fully saturated rings. The lowest BCUT2D eigenvalue weighted by molar-refractivity contribution is -0.139. The fourth-order valence-electron chi connectivity index (χ4n) is 1.48. The van der Waals surface area contributed by atoms with E-state index in [0.29, 0.717) is 6.42 Å². The largest absolute Gasteiger partial charge is 0.481 e. The van der Waals surface area contributed by atoms with E-state index in [2.05, 4.69) is 0 Å². The smallest absolute Gasteiger partial charge is 0.311 e. The summed E-state index contributed by atoms with van der Waals surface area (Å²) in [7, 11) is 0. The van der Waals surface area contributed by atoms with Crippen molar-refractivity contribution >= 4 is 5.97 Å². The maximum Gasteiger partial charge on any atom is 0.311 e. The number of hydrogen-bond donors (Lipinski definition) is 1. The van der Waals surface area contributed by atoms with Gasteiger partial charge in [-0.3, -0.25) is 4.79 Å². The molecule has 1 aromatic rings. The van der Waals surface area contributed by atoms with Crippen molar-refractivity contribution in [2.75, 3.05) is 0 Å². The Morgan fingerprint density at radius 1 is 1.45 bits per heavy atom. The molecule has 2 heteroatoms. The first-order chi connectivity index (χ1) is 5.29. The van der Waals surface area contributed by atoms with Gasteiger partial charge in [-0.1, -0.05) is 24.3 Å². The fourth-order valence-corrected chi connectivity index (χ4v) is 1.48. The molecule has 1 N–H and O–H groups in total. The van der Waals surface area contributed by atoms with Crippen molar-refractivity contribution in [3.63, 3.8) is 0 Å². The predicted octanol–water partition coefficient (Wildman–Crippen LogP) is 1.41. The van der Waals surface area contributed by atoms with Crippen LogP contribution in [0.4, 0.5) is 0 Å². The summed E-state index contributed by atoms with van der Waals surface area (Å²) in [6.45, 7) is 0. The molecular formula is C9H8O2.